The molecule has 22 heavy (non-hydrogen) atoms. The van der Waals surface area contributed by atoms with Crippen molar-refractivity contribution in [3.05, 3.63) is 52.6 Å². The smallest absolute Gasteiger partial charge is 0.342 e. The summed E-state index contributed by atoms with van der Waals surface area (Å²) in [4.78, 5) is 12.2. The van der Waals surface area contributed by atoms with Gasteiger partial charge in [0.2, 0.25) is 0 Å². The van der Waals surface area contributed by atoms with Gasteiger partial charge in [0.1, 0.15) is 11.3 Å². The third kappa shape index (κ3) is 4.48. The molecule has 0 aliphatic carbocycles. The molecule has 0 aliphatic heterocycles. The Morgan fingerprint density at radius 1 is 1.23 bits per heavy atom. The Kier molecular flexibility index (Phi) is 6.90. The molecule has 1 rings (SSSR count). The number of methoxy groups -OCH3 is 1. The van der Waals surface area contributed by atoms with Crippen LogP contribution in [0, 0.1) is 0 Å². The number of benzene rings is 1. The number of carbonyl (C=O) groups excluding carboxylic acids is 1. The SMILES string of the molecule is C=C(C)C(CCc1cccc(OC)c1C(=O)OCC)=C(C)C. The van der Waals surface area contributed by atoms with Crippen LogP contribution >= 0.6 is 0 Å². The second-order valence-electron chi connectivity index (χ2n) is 5.47. The average molecular weight is 302 g/mol. The molecule has 0 radical (unpaired) electrons. The second kappa shape index (κ2) is 8.42. The summed E-state index contributed by atoms with van der Waals surface area (Å²) in [7, 11) is 1.57. The number of ether oxygens (including phenoxy) is 2. The molecule has 3 nitrogen and oxygen atoms in total. The summed E-state index contributed by atoms with van der Waals surface area (Å²) in [5.74, 6) is 0.231. The van der Waals surface area contributed by atoms with E-state index in [1.165, 1.54) is 11.1 Å². The predicted molar refractivity (Wildman–Crippen MR) is 90.5 cm³/mol. The van der Waals surface area contributed by atoms with Crippen molar-refractivity contribution in [3.8, 4) is 5.75 Å². The first-order valence-corrected chi connectivity index (χ1v) is 7.57. The molecule has 3 heteroatoms. The molecule has 0 amide bonds. The largest absolute Gasteiger partial charge is 0.496 e. The van der Waals surface area contributed by atoms with E-state index in [9.17, 15) is 4.79 Å². The maximum atomic E-state index is 12.2. The van der Waals surface area contributed by atoms with Gasteiger partial charge in [0.15, 0.2) is 0 Å². The molecule has 0 bridgehead atoms. The van der Waals surface area contributed by atoms with Crippen LogP contribution in [-0.2, 0) is 11.2 Å². The van der Waals surface area contributed by atoms with E-state index in [0.29, 0.717) is 17.9 Å². The Morgan fingerprint density at radius 3 is 2.41 bits per heavy atom. The topological polar surface area (TPSA) is 35.5 Å². The first kappa shape index (κ1) is 18.0. The van der Waals surface area contributed by atoms with E-state index in [1.54, 1.807) is 20.1 Å². The summed E-state index contributed by atoms with van der Waals surface area (Å²) >= 11 is 0. The average Bonchev–Trinajstić information content (AvgIpc) is 2.46. The highest BCUT2D eigenvalue weighted by Crippen LogP contribution is 2.27. The van der Waals surface area contributed by atoms with E-state index in [-0.39, 0.29) is 5.97 Å². The zero-order valence-corrected chi connectivity index (χ0v) is 14.3. The van der Waals surface area contributed by atoms with Crippen molar-refractivity contribution in [2.24, 2.45) is 0 Å². The highest BCUT2D eigenvalue weighted by atomic mass is 16.5. The van der Waals surface area contributed by atoms with Crippen molar-refractivity contribution in [1.29, 1.82) is 0 Å². The molecular weight excluding hydrogens is 276 g/mol. The van der Waals surface area contributed by atoms with E-state index in [1.807, 2.05) is 19.1 Å². The van der Waals surface area contributed by atoms with Crippen molar-refractivity contribution in [2.45, 2.75) is 40.5 Å². The van der Waals surface area contributed by atoms with E-state index in [2.05, 4.69) is 20.4 Å². The highest BCUT2D eigenvalue weighted by molar-refractivity contribution is 5.94. The lowest BCUT2D eigenvalue weighted by Gasteiger charge is -2.14. The summed E-state index contributed by atoms with van der Waals surface area (Å²) < 4.78 is 10.5. The minimum atomic E-state index is -0.330. The molecule has 0 heterocycles. The maximum Gasteiger partial charge on any atom is 0.342 e. The number of esters is 1. The van der Waals surface area contributed by atoms with Crippen LogP contribution in [-0.4, -0.2) is 19.7 Å². The lowest BCUT2D eigenvalue weighted by Crippen LogP contribution is -2.10. The third-order valence-electron chi connectivity index (χ3n) is 3.58. The molecule has 1 aromatic rings. The van der Waals surface area contributed by atoms with Gasteiger partial charge in [-0.25, -0.2) is 4.79 Å². The van der Waals surface area contributed by atoms with Crippen LogP contribution in [0.15, 0.2) is 41.5 Å². The standard InChI is InChI=1S/C19H26O3/c1-7-22-19(20)18-15(9-8-10-17(18)21-6)11-12-16(13(2)3)14(4)5/h8-10H,2,7,11-12H2,1,3-6H3. The summed E-state index contributed by atoms with van der Waals surface area (Å²) in [5.41, 5.74) is 5.05. The zero-order valence-electron chi connectivity index (χ0n) is 14.3. The van der Waals surface area contributed by atoms with E-state index < -0.39 is 0 Å². The number of aryl methyl sites for hydroxylation is 1. The van der Waals surface area contributed by atoms with E-state index in [0.717, 1.165) is 24.0 Å². The number of hydrogen-bond acceptors (Lipinski definition) is 3. The Morgan fingerprint density at radius 2 is 1.91 bits per heavy atom. The monoisotopic (exact) mass is 302 g/mol. The van der Waals surface area contributed by atoms with Crippen LogP contribution < -0.4 is 4.74 Å². The van der Waals surface area contributed by atoms with Crippen LogP contribution in [0.5, 0.6) is 5.75 Å². The van der Waals surface area contributed by atoms with Crippen LogP contribution in [0.4, 0.5) is 0 Å². The molecular formula is C19H26O3. The quantitative estimate of drug-likeness (QED) is 0.540. The van der Waals surface area contributed by atoms with Gasteiger partial charge in [-0.15, -0.1) is 0 Å². The van der Waals surface area contributed by atoms with Crippen molar-refractivity contribution >= 4 is 5.97 Å². The van der Waals surface area contributed by atoms with Crippen LogP contribution in [0.1, 0.15) is 50.0 Å². The van der Waals surface area contributed by atoms with Crippen molar-refractivity contribution < 1.29 is 14.3 Å². The summed E-state index contributed by atoms with van der Waals surface area (Å²) in [6, 6.07) is 5.64. The molecule has 0 aliphatic rings. The second-order valence-corrected chi connectivity index (χ2v) is 5.47. The molecule has 0 spiro atoms. The lowest BCUT2D eigenvalue weighted by molar-refractivity contribution is 0.0521. The fraction of sp³-hybridized carbons (Fsp3) is 0.421. The highest BCUT2D eigenvalue weighted by Gasteiger charge is 2.18. The molecule has 120 valence electrons. The van der Waals surface area contributed by atoms with Gasteiger partial charge in [-0.3, -0.25) is 0 Å². The molecule has 0 aromatic heterocycles. The van der Waals surface area contributed by atoms with Gasteiger partial charge in [-0.2, -0.15) is 0 Å². The first-order chi connectivity index (χ1) is 10.4. The fourth-order valence-corrected chi connectivity index (χ4v) is 2.54. The van der Waals surface area contributed by atoms with Crippen molar-refractivity contribution in [1.82, 2.24) is 0 Å². The maximum absolute atomic E-state index is 12.2. The van der Waals surface area contributed by atoms with Crippen LogP contribution in [0.25, 0.3) is 0 Å². The Labute approximate surface area is 133 Å². The number of allylic oxidation sites excluding steroid dienone is 3. The van der Waals surface area contributed by atoms with Gasteiger partial charge in [-0.1, -0.05) is 29.9 Å². The van der Waals surface area contributed by atoms with Gasteiger partial charge in [-0.05, 0) is 57.7 Å². The van der Waals surface area contributed by atoms with Gasteiger partial charge in [0, 0.05) is 0 Å². The number of hydrogen-bond donors (Lipinski definition) is 0. The van der Waals surface area contributed by atoms with Gasteiger partial charge in [0.05, 0.1) is 13.7 Å². The predicted octanol–water partition coefficient (Wildman–Crippen LogP) is 4.72. The van der Waals surface area contributed by atoms with Crippen molar-refractivity contribution in [3.63, 3.8) is 0 Å². The lowest BCUT2D eigenvalue weighted by atomic mass is 9.94. The minimum absolute atomic E-state index is 0.330. The summed E-state index contributed by atoms with van der Waals surface area (Å²) in [6.45, 7) is 12.4. The molecule has 0 saturated carbocycles. The van der Waals surface area contributed by atoms with Crippen molar-refractivity contribution in [2.75, 3.05) is 13.7 Å². The summed E-state index contributed by atoms with van der Waals surface area (Å²) in [6.07, 6.45) is 1.59. The number of rotatable bonds is 7. The van der Waals surface area contributed by atoms with E-state index in [4.69, 9.17) is 9.47 Å². The molecule has 1 aromatic carbocycles. The minimum Gasteiger partial charge on any atom is -0.496 e. The Balaban J connectivity index is 3.12. The van der Waals surface area contributed by atoms with Crippen LogP contribution in [0.2, 0.25) is 0 Å². The van der Waals surface area contributed by atoms with E-state index >= 15 is 0 Å². The Bertz CT molecular complexity index is 578. The molecule has 0 unspecified atom stereocenters. The first-order valence-electron chi connectivity index (χ1n) is 7.57. The number of carbonyl (C=O) groups is 1. The van der Waals surface area contributed by atoms with Gasteiger partial charge >= 0.3 is 5.97 Å². The molecule has 0 N–H and O–H groups in total. The van der Waals surface area contributed by atoms with Gasteiger partial charge < -0.3 is 9.47 Å². The molecule has 0 fully saturated rings. The van der Waals surface area contributed by atoms with Crippen LogP contribution in [0.3, 0.4) is 0 Å². The zero-order chi connectivity index (χ0) is 16.7. The fourth-order valence-electron chi connectivity index (χ4n) is 2.54. The van der Waals surface area contributed by atoms with Gasteiger partial charge in [0.25, 0.3) is 0 Å². The molecule has 0 atom stereocenters. The summed E-state index contributed by atoms with van der Waals surface area (Å²) in [5, 5.41) is 0. The Hall–Kier alpha value is -2.03. The third-order valence-corrected chi connectivity index (χ3v) is 3.58. The normalized spacial score (nSPS) is 10.0. The molecule has 0 saturated heterocycles.